The normalized spacial score (nSPS) is 10.8. The van der Waals surface area contributed by atoms with Crippen LogP contribution >= 0.6 is 0 Å². The number of nitriles is 2. The van der Waals surface area contributed by atoms with E-state index in [1.165, 1.54) is 6.07 Å². The molecule has 2 N–H and O–H groups in total. The van der Waals surface area contributed by atoms with Gasteiger partial charge in [0.2, 0.25) is 0 Å². The molecule has 2 rings (SSSR count). The lowest BCUT2D eigenvalue weighted by atomic mass is 9.86. The molecule has 0 radical (unpaired) electrons. The summed E-state index contributed by atoms with van der Waals surface area (Å²) in [6.07, 6.45) is 0.158. The Balaban J connectivity index is 0.000000342. The molecule has 0 aliphatic heterocycles. The number of rotatable bonds is 7. The van der Waals surface area contributed by atoms with Crippen LogP contribution in [0.3, 0.4) is 0 Å². The van der Waals surface area contributed by atoms with E-state index in [0.29, 0.717) is 16.8 Å². The summed E-state index contributed by atoms with van der Waals surface area (Å²) < 4.78 is 0. The number of carbonyl (C=O) groups is 2. The minimum absolute atomic E-state index is 0.0339. The Bertz CT molecular complexity index is 1180. The predicted molar refractivity (Wildman–Crippen MR) is 130 cm³/mol. The van der Waals surface area contributed by atoms with Crippen molar-refractivity contribution in [2.75, 3.05) is 5.73 Å². The molecule has 0 aliphatic rings. The van der Waals surface area contributed by atoms with Crippen LogP contribution in [0.25, 0.3) is 0 Å². The fraction of sp³-hybridized carbons (Fsp3) is 0.385. The van der Waals surface area contributed by atoms with Crippen LogP contribution in [0.2, 0.25) is 0 Å². The van der Waals surface area contributed by atoms with Gasteiger partial charge in [0.1, 0.15) is 0 Å². The van der Waals surface area contributed by atoms with Crippen LogP contribution in [-0.2, 0) is 0 Å². The Morgan fingerprint density at radius 3 is 1.74 bits per heavy atom. The second-order valence-corrected chi connectivity index (χ2v) is 9.46. The van der Waals surface area contributed by atoms with Gasteiger partial charge in [-0.25, -0.2) is 0 Å². The summed E-state index contributed by atoms with van der Waals surface area (Å²) in [4.78, 5) is 34.4. The molecular formula is C26H30N4O4. The van der Waals surface area contributed by atoms with Crippen LogP contribution in [0.4, 0.5) is 11.4 Å². The van der Waals surface area contributed by atoms with Gasteiger partial charge < -0.3 is 5.73 Å². The highest BCUT2D eigenvalue weighted by atomic mass is 16.6. The third kappa shape index (κ3) is 7.53. The van der Waals surface area contributed by atoms with Crippen molar-refractivity contribution < 1.29 is 14.5 Å². The Morgan fingerprint density at radius 1 is 0.882 bits per heavy atom. The van der Waals surface area contributed by atoms with Crippen molar-refractivity contribution in [1.82, 2.24) is 0 Å². The van der Waals surface area contributed by atoms with E-state index in [1.807, 2.05) is 19.1 Å². The topological polar surface area (TPSA) is 151 Å². The Morgan fingerprint density at radius 2 is 1.29 bits per heavy atom. The van der Waals surface area contributed by atoms with Crippen molar-refractivity contribution in [3.63, 3.8) is 0 Å². The maximum absolute atomic E-state index is 12.0. The quantitative estimate of drug-likeness (QED) is 0.239. The molecule has 0 heterocycles. The molecule has 0 aromatic heterocycles. The van der Waals surface area contributed by atoms with Gasteiger partial charge in [0, 0.05) is 29.7 Å². The molecule has 8 heteroatoms. The van der Waals surface area contributed by atoms with E-state index in [9.17, 15) is 19.7 Å². The number of benzene rings is 2. The van der Waals surface area contributed by atoms with Crippen molar-refractivity contribution in [2.45, 2.75) is 54.4 Å². The number of anilines is 1. The molecule has 8 nitrogen and oxygen atoms in total. The van der Waals surface area contributed by atoms with Gasteiger partial charge in [-0.15, -0.1) is 0 Å². The zero-order chi connectivity index (χ0) is 26.3. The third-order valence-corrected chi connectivity index (χ3v) is 5.16. The highest BCUT2D eigenvalue weighted by Gasteiger charge is 2.28. The molecule has 0 saturated heterocycles. The minimum atomic E-state index is -0.825. The van der Waals surface area contributed by atoms with E-state index in [1.54, 1.807) is 58.9 Å². The fourth-order valence-corrected chi connectivity index (χ4v) is 3.12. The summed E-state index contributed by atoms with van der Waals surface area (Å²) in [5, 5.41) is 28.7. The van der Waals surface area contributed by atoms with Crippen LogP contribution < -0.4 is 5.73 Å². The smallest absolute Gasteiger partial charge is 0.283 e. The molecule has 0 atom stereocenters. The van der Waals surface area contributed by atoms with Gasteiger partial charge in [-0.05, 0) is 59.2 Å². The van der Waals surface area contributed by atoms with E-state index in [0.717, 1.165) is 5.56 Å². The van der Waals surface area contributed by atoms with Gasteiger partial charge in [0.15, 0.2) is 11.6 Å². The maximum atomic E-state index is 12.0. The summed E-state index contributed by atoms with van der Waals surface area (Å²) in [5.41, 5.74) is 6.64. The number of nitrogen functional groups attached to an aromatic ring is 1. The number of aryl methyl sites for hydroxylation is 2. The number of Topliss-reactive ketones (excluding diaryl/α,β-unsaturated/α-hetero) is 2. The number of nitrogens with two attached hydrogens (primary N) is 1. The molecule has 178 valence electrons. The van der Waals surface area contributed by atoms with E-state index in [-0.39, 0.29) is 35.7 Å². The summed E-state index contributed by atoms with van der Waals surface area (Å²) >= 11 is 0. The standard InChI is InChI=1S/C13H14N2O3.C13H16N2O/c1-9-5-4-6-10(12(9)15(17)18)11(16)7-13(2,3)8-14;1-9-5-4-6-10(12(9)15)11(16)7-13(2,3)8-14/h4-6H,7H2,1-3H3;4-6H,7,15H2,1-3H3. The second-order valence-electron chi connectivity index (χ2n) is 9.46. The van der Waals surface area contributed by atoms with Crippen molar-refractivity contribution in [3.8, 4) is 12.1 Å². The summed E-state index contributed by atoms with van der Waals surface area (Å²) in [5.74, 6) is -0.454. The monoisotopic (exact) mass is 462 g/mol. The van der Waals surface area contributed by atoms with E-state index in [4.69, 9.17) is 16.3 Å². The molecule has 0 saturated carbocycles. The van der Waals surface area contributed by atoms with E-state index < -0.39 is 15.8 Å². The number of carbonyl (C=O) groups excluding carboxylic acids is 2. The minimum Gasteiger partial charge on any atom is -0.398 e. The maximum Gasteiger partial charge on any atom is 0.283 e. The predicted octanol–water partition coefficient (Wildman–Crippen LogP) is 5.73. The lowest BCUT2D eigenvalue weighted by molar-refractivity contribution is -0.385. The lowest BCUT2D eigenvalue weighted by Crippen LogP contribution is -2.16. The van der Waals surface area contributed by atoms with Crippen LogP contribution in [0.1, 0.15) is 72.4 Å². The van der Waals surface area contributed by atoms with Crippen molar-refractivity contribution >= 4 is 22.9 Å². The van der Waals surface area contributed by atoms with E-state index >= 15 is 0 Å². The molecule has 0 spiro atoms. The molecular weight excluding hydrogens is 432 g/mol. The van der Waals surface area contributed by atoms with Gasteiger partial charge in [-0.2, -0.15) is 10.5 Å². The summed E-state index contributed by atoms with van der Waals surface area (Å²) in [6.45, 7) is 10.2. The average Bonchev–Trinajstić information content (AvgIpc) is 2.75. The lowest BCUT2D eigenvalue weighted by Gasteiger charge is -2.15. The number of para-hydroxylation sites is 2. The number of nitro groups is 1. The van der Waals surface area contributed by atoms with E-state index in [2.05, 4.69) is 6.07 Å². The number of hydrogen-bond donors (Lipinski definition) is 1. The number of nitrogens with zero attached hydrogens (tertiary/aromatic N) is 3. The highest BCUT2D eigenvalue weighted by molar-refractivity contribution is 6.02. The van der Waals surface area contributed by atoms with Crippen molar-refractivity contribution in [2.24, 2.45) is 10.8 Å². The van der Waals surface area contributed by atoms with Gasteiger partial charge in [0.05, 0.1) is 33.5 Å². The molecule has 0 fully saturated rings. The first kappa shape index (κ1) is 28.0. The molecule has 0 aliphatic carbocycles. The second kappa shape index (κ2) is 11.2. The number of nitro benzene ring substituents is 1. The highest BCUT2D eigenvalue weighted by Crippen LogP contribution is 2.28. The molecule has 2 aromatic carbocycles. The van der Waals surface area contributed by atoms with Gasteiger partial charge >= 0.3 is 0 Å². The van der Waals surface area contributed by atoms with Crippen LogP contribution in [-0.4, -0.2) is 16.5 Å². The summed E-state index contributed by atoms with van der Waals surface area (Å²) in [6, 6.07) is 14.1. The number of hydrogen-bond acceptors (Lipinski definition) is 7. The van der Waals surface area contributed by atoms with Crippen LogP contribution in [0, 0.1) is 57.5 Å². The number of ketones is 2. The SMILES string of the molecule is Cc1cccc(C(=O)CC(C)(C)C#N)c1N.Cc1cccc(C(=O)CC(C)(C)C#N)c1[N+](=O)[O-]. The molecule has 0 unspecified atom stereocenters. The van der Waals surface area contributed by atoms with Crippen molar-refractivity contribution in [1.29, 1.82) is 10.5 Å². The van der Waals surface area contributed by atoms with Crippen LogP contribution in [0.5, 0.6) is 0 Å². The third-order valence-electron chi connectivity index (χ3n) is 5.16. The molecule has 34 heavy (non-hydrogen) atoms. The fourth-order valence-electron chi connectivity index (χ4n) is 3.12. The Hall–Kier alpha value is -4.04. The van der Waals surface area contributed by atoms with Gasteiger partial charge in [-0.3, -0.25) is 19.7 Å². The first-order chi connectivity index (χ1) is 15.7. The first-order valence-corrected chi connectivity index (χ1v) is 10.6. The Labute approximate surface area is 200 Å². The summed E-state index contributed by atoms with van der Waals surface area (Å²) in [7, 11) is 0. The molecule has 0 bridgehead atoms. The van der Waals surface area contributed by atoms with Crippen LogP contribution in [0.15, 0.2) is 36.4 Å². The zero-order valence-electron chi connectivity index (χ0n) is 20.4. The van der Waals surface area contributed by atoms with Crippen molar-refractivity contribution in [3.05, 3.63) is 68.8 Å². The zero-order valence-corrected chi connectivity index (χ0v) is 20.4. The van der Waals surface area contributed by atoms with Gasteiger partial charge in [-0.1, -0.05) is 24.3 Å². The first-order valence-electron chi connectivity index (χ1n) is 10.6. The Kier molecular flexibility index (Phi) is 9.22. The van der Waals surface area contributed by atoms with Gasteiger partial charge in [0.25, 0.3) is 5.69 Å². The average molecular weight is 463 g/mol. The molecule has 0 amide bonds. The molecule has 2 aromatic rings. The largest absolute Gasteiger partial charge is 0.398 e.